The number of aromatic nitrogens is 3. The zero-order valence-corrected chi connectivity index (χ0v) is 15.7. The fraction of sp³-hybridized carbons (Fsp3) is 0.450. The first kappa shape index (κ1) is 17.7. The highest BCUT2D eigenvalue weighted by molar-refractivity contribution is 6.07. The van der Waals surface area contributed by atoms with E-state index in [1.807, 2.05) is 47.0 Å². The van der Waals surface area contributed by atoms with Gasteiger partial charge >= 0.3 is 0 Å². The number of methoxy groups -OCH3 is 1. The van der Waals surface area contributed by atoms with Crippen molar-refractivity contribution in [1.29, 1.82) is 0 Å². The summed E-state index contributed by atoms with van der Waals surface area (Å²) in [5.74, 6) is 1.43. The number of carbonyl (C=O) groups excluding carboxylic acids is 1. The van der Waals surface area contributed by atoms with E-state index in [1.165, 1.54) is 0 Å². The van der Waals surface area contributed by atoms with Crippen molar-refractivity contribution in [2.75, 3.05) is 26.8 Å². The summed E-state index contributed by atoms with van der Waals surface area (Å²) in [4.78, 5) is 19.6. The third-order valence-electron chi connectivity index (χ3n) is 5.20. The number of likely N-dealkylation sites (tertiary alicyclic amines) is 1. The number of amides is 1. The fourth-order valence-corrected chi connectivity index (χ4v) is 3.77. The molecule has 7 heteroatoms. The van der Waals surface area contributed by atoms with Gasteiger partial charge in [0.15, 0.2) is 5.82 Å². The molecule has 7 nitrogen and oxygen atoms in total. The molecule has 2 aromatic heterocycles. The summed E-state index contributed by atoms with van der Waals surface area (Å²) in [5, 5.41) is 5.02. The Kier molecular flexibility index (Phi) is 4.94. The number of hydrogen-bond donors (Lipinski definition) is 0. The SMILES string of the molecule is COCCc1noc([C@@H]2CCCN(C(=O)c3cn(C)c4ccccc34)C2)n1. The van der Waals surface area contributed by atoms with Gasteiger partial charge < -0.3 is 18.7 Å². The normalized spacial score (nSPS) is 17.6. The maximum absolute atomic E-state index is 13.2. The summed E-state index contributed by atoms with van der Waals surface area (Å²) in [6.45, 7) is 1.92. The van der Waals surface area contributed by atoms with E-state index in [4.69, 9.17) is 9.26 Å². The van der Waals surface area contributed by atoms with Crippen molar-refractivity contribution < 1.29 is 14.1 Å². The van der Waals surface area contributed by atoms with Crippen molar-refractivity contribution in [3.05, 3.63) is 47.7 Å². The summed E-state index contributed by atoms with van der Waals surface area (Å²) in [5.41, 5.74) is 1.81. The molecular weight excluding hydrogens is 344 g/mol. The van der Waals surface area contributed by atoms with Gasteiger partial charge in [0.05, 0.1) is 18.1 Å². The van der Waals surface area contributed by atoms with Crippen LogP contribution in [0.1, 0.15) is 40.8 Å². The van der Waals surface area contributed by atoms with Gasteiger partial charge in [-0.05, 0) is 18.9 Å². The second kappa shape index (κ2) is 7.52. The maximum atomic E-state index is 13.2. The average Bonchev–Trinajstić information content (AvgIpc) is 3.31. The molecule has 3 heterocycles. The molecule has 142 valence electrons. The lowest BCUT2D eigenvalue weighted by Crippen LogP contribution is -2.39. The molecule has 27 heavy (non-hydrogen) atoms. The van der Waals surface area contributed by atoms with E-state index in [0.717, 1.165) is 35.9 Å². The second-order valence-electron chi connectivity index (χ2n) is 7.05. The Labute approximate surface area is 157 Å². The minimum Gasteiger partial charge on any atom is -0.384 e. The Balaban J connectivity index is 1.52. The fourth-order valence-electron chi connectivity index (χ4n) is 3.77. The molecule has 0 radical (unpaired) electrons. The third-order valence-corrected chi connectivity index (χ3v) is 5.20. The molecule has 0 bridgehead atoms. The van der Waals surface area contributed by atoms with Crippen LogP contribution in [0, 0.1) is 0 Å². The molecule has 1 aliphatic rings. The van der Waals surface area contributed by atoms with Crippen molar-refractivity contribution in [1.82, 2.24) is 19.6 Å². The van der Waals surface area contributed by atoms with E-state index < -0.39 is 0 Å². The van der Waals surface area contributed by atoms with Crippen molar-refractivity contribution >= 4 is 16.8 Å². The van der Waals surface area contributed by atoms with E-state index >= 15 is 0 Å². The predicted molar refractivity (Wildman–Crippen MR) is 101 cm³/mol. The van der Waals surface area contributed by atoms with Crippen molar-refractivity contribution in [3.8, 4) is 0 Å². The van der Waals surface area contributed by atoms with Crippen LogP contribution in [0.25, 0.3) is 10.9 Å². The highest BCUT2D eigenvalue weighted by atomic mass is 16.5. The van der Waals surface area contributed by atoms with Crippen LogP contribution in [-0.4, -0.2) is 52.3 Å². The molecule has 1 aromatic carbocycles. The van der Waals surface area contributed by atoms with Gasteiger partial charge in [0, 0.05) is 50.8 Å². The summed E-state index contributed by atoms with van der Waals surface area (Å²) >= 11 is 0. The van der Waals surface area contributed by atoms with Crippen LogP contribution < -0.4 is 0 Å². The number of nitrogens with zero attached hydrogens (tertiary/aromatic N) is 4. The van der Waals surface area contributed by atoms with Crippen molar-refractivity contribution in [2.24, 2.45) is 7.05 Å². The van der Waals surface area contributed by atoms with E-state index in [-0.39, 0.29) is 11.8 Å². The Morgan fingerprint density at radius 2 is 2.22 bits per heavy atom. The van der Waals surface area contributed by atoms with Gasteiger partial charge in [0.2, 0.25) is 5.89 Å². The standard InChI is InChI=1S/C20H24N4O3/c1-23-13-16(15-7-3-4-8-17(15)23)20(25)24-10-5-6-14(12-24)19-21-18(22-27-19)9-11-26-2/h3-4,7-8,13-14H,5-6,9-12H2,1-2H3/t14-/m1/s1. The molecule has 0 saturated carbocycles. The molecule has 0 N–H and O–H groups in total. The quantitative estimate of drug-likeness (QED) is 0.692. The largest absolute Gasteiger partial charge is 0.384 e. The topological polar surface area (TPSA) is 73.4 Å². The Morgan fingerprint density at radius 3 is 3.07 bits per heavy atom. The maximum Gasteiger partial charge on any atom is 0.256 e. The van der Waals surface area contributed by atoms with Crippen LogP contribution in [0.4, 0.5) is 0 Å². The Morgan fingerprint density at radius 1 is 1.37 bits per heavy atom. The number of para-hydroxylation sites is 1. The van der Waals surface area contributed by atoms with Gasteiger partial charge in [0.1, 0.15) is 0 Å². The lowest BCUT2D eigenvalue weighted by molar-refractivity contribution is 0.0697. The van der Waals surface area contributed by atoms with E-state index in [9.17, 15) is 4.79 Å². The molecular formula is C20H24N4O3. The molecule has 1 saturated heterocycles. The summed E-state index contributed by atoms with van der Waals surface area (Å²) in [6.07, 6.45) is 4.43. The van der Waals surface area contributed by atoms with E-state index in [2.05, 4.69) is 10.1 Å². The molecule has 0 spiro atoms. The van der Waals surface area contributed by atoms with Crippen LogP contribution in [0.15, 0.2) is 35.0 Å². The molecule has 0 unspecified atom stereocenters. The first-order chi connectivity index (χ1) is 13.2. The predicted octanol–water partition coefficient (Wildman–Crippen LogP) is 2.77. The number of fused-ring (bicyclic) bond motifs is 1. The minimum absolute atomic E-state index is 0.0654. The molecule has 1 amide bonds. The Hall–Kier alpha value is -2.67. The van der Waals surface area contributed by atoms with Crippen LogP contribution in [-0.2, 0) is 18.2 Å². The zero-order chi connectivity index (χ0) is 18.8. The summed E-state index contributed by atoms with van der Waals surface area (Å²) < 4.78 is 12.5. The highest BCUT2D eigenvalue weighted by Crippen LogP contribution is 2.28. The molecule has 3 aromatic rings. The van der Waals surface area contributed by atoms with Gasteiger partial charge in [0.25, 0.3) is 5.91 Å². The van der Waals surface area contributed by atoms with Gasteiger partial charge in [-0.1, -0.05) is 23.4 Å². The summed E-state index contributed by atoms with van der Waals surface area (Å²) in [6, 6.07) is 8.00. The number of rotatable bonds is 5. The number of piperidine rings is 1. The van der Waals surface area contributed by atoms with E-state index in [0.29, 0.717) is 31.3 Å². The van der Waals surface area contributed by atoms with Gasteiger partial charge in [-0.25, -0.2) is 0 Å². The van der Waals surface area contributed by atoms with Gasteiger partial charge in [-0.2, -0.15) is 4.98 Å². The van der Waals surface area contributed by atoms with Crippen LogP contribution in [0.2, 0.25) is 0 Å². The highest BCUT2D eigenvalue weighted by Gasteiger charge is 2.30. The zero-order valence-electron chi connectivity index (χ0n) is 15.7. The van der Waals surface area contributed by atoms with Crippen LogP contribution in [0.5, 0.6) is 0 Å². The first-order valence-corrected chi connectivity index (χ1v) is 9.32. The molecule has 1 fully saturated rings. The summed E-state index contributed by atoms with van der Waals surface area (Å²) in [7, 11) is 3.62. The molecule has 4 rings (SSSR count). The van der Waals surface area contributed by atoms with Crippen LogP contribution >= 0.6 is 0 Å². The monoisotopic (exact) mass is 368 g/mol. The molecule has 1 aliphatic heterocycles. The number of ether oxygens (including phenoxy) is 1. The number of aryl methyl sites for hydroxylation is 1. The number of hydrogen-bond acceptors (Lipinski definition) is 5. The molecule has 1 atom stereocenters. The smallest absolute Gasteiger partial charge is 0.256 e. The van der Waals surface area contributed by atoms with Crippen molar-refractivity contribution in [2.45, 2.75) is 25.2 Å². The minimum atomic E-state index is 0.0654. The van der Waals surface area contributed by atoms with Crippen LogP contribution in [0.3, 0.4) is 0 Å². The van der Waals surface area contributed by atoms with Crippen molar-refractivity contribution in [3.63, 3.8) is 0 Å². The van der Waals surface area contributed by atoms with Gasteiger partial charge in [-0.15, -0.1) is 0 Å². The number of carbonyl (C=O) groups is 1. The number of benzene rings is 1. The molecule has 0 aliphatic carbocycles. The second-order valence-corrected chi connectivity index (χ2v) is 7.05. The lowest BCUT2D eigenvalue weighted by atomic mass is 9.97. The Bertz CT molecular complexity index is 946. The van der Waals surface area contributed by atoms with Gasteiger partial charge in [-0.3, -0.25) is 4.79 Å². The lowest BCUT2D eigenvalue weighted by Gasteiger charge is -2.31. The van der Waals surface area contributed by atoms with E-state index in [1.54, 1.807) is 7.11 Å². The first-order valence-electron chi connectivity index (χ1n) is 9.32. The third kappa shape index (κ3) is 3.47. The average molecular weight is 368 g/mol.